The first-order chi connectivity index (χ1) is 8.97. The van der Waals surface area contributed by atoms with Crippen LogP contribution in [0.3, 0.4) is 0 Å². The molecule has 1 rings (SSSR count). The van der Waals surface area contributed by atoms with Gasteiger partial charge in [-0.3, -0.25) is 0 Å². The third kappa shape index (κ3) is 5.42. The number of thiol groups is 1. The quantitative estimate of drug-likeness (QED) is 0.422. The summed E-state index contributed by atoms with van der Waals surface area (Å²) in [7, 11) is 0. The molecule has 1 saturated carbocycles. The van der Waals surface area contributed by atoms with E-state index in [4.69, 9.17) is 6.42 Å². The number of terminal acetylenes is 1. The highest BCUT2D eigenvalue weighted by Gasteiger charge is 2.43. The summed E-state index contributed by atoms with van der Waals surface area (Å²) in [5, 5.41) is 0. The molecule has 1 aliphatic carbocycles. The van der Waals surface area contributed by atoms with Crippen LogP contribution in [-0.2, 0) is 0 Å². The summed E-state index contributed by atoms with van der Waals surface area (Å²) in [6.45, 7) is 9.08. The molecule has 0 bridgehead atoms. The van der Waals surface area contributed by atoms with Crippen LogP contribution >= 0.6 is 12.6 Å². The molecule has 0 saturated heterocycles. The molecule has 0 aromatic carbocycles. The first-order valence-corrected chi connectivity index (χ1v) is 8.69. The maximum absolute atomic E-state index is 5.70. The van der Waals surface area contributed by atoms with Crippen LogP contribution in [0.4, 0.5) is 0 Å². The minimum atomic E-state index is 0.0545. The van der Waals surface area contributed by atoms with Gasteiger partial charge < -0.3 is 0 Å². The lowest BCUT2D eigenvalue weighted by atomic mass is 9.76. The Labute approximate surface area is 126 Å². The highest BCUT2D eigenvalue weighted by atomic mass is 32.1. The van der Waals surface area contributed by atoms with Gasteiger partial charge in [0.2, 0.25) is 0 Å². The van der Waals surface area contributed by atoms with Crippen molar-refractivity contribution in [1.29, 1.82) is 0 Å². The lowest BCUT2D eigenvalue weighted by Gasteiger charge is -2.29. The van der Waals surface area contributed by atoms with Crippen LogP contribution in [-0.4, -0.2) is 5.75 Å². The Morgan fingerprint density at radius 3 is 2.47 bits per heavy atom. The van der Waals surface area contributed by atoms with Crippen molar-refractivity contribution in [2.75, 3.05) is 5.75 Å². The molecule has 0 amide bonds. The molecule has 0 aliphatic heterocycles. The molecule has 110 valence electrons. The predicted molar refractivity (Wildman–Crippen MR) is 89.5 cm³/mol. The van der Waals surface area contributed by atoms with E-state index in [0.717, 1.165) is 29.4 Å². The second-order valence-electron chi connectivity index (χ2n) is 7.13. The van der Waals surface area contributed by atoms with E-state index in [1.54, 1.807) is 0 Å². The van der Waals surface area contributed by atoms with Gasteiger partial charge in [0.05, 0.1) is 0 Å². The van der Waals surface area contributed by atoms with Gasteiger partial charge >= 0.3 is 0 Å². The zero-order valence-electron chi connectivity index (χ0n) is 13.3. The summed E-state index contributed by atoms with van der Waals surface area (Å²) in [5.41, 5.74) is 0.0545. The normalized spacial score (nSPS) is 25.7. The molecule has 1 fully saturated rings. The summed E-state index contributed by atoms with van der Waals surface area (Å²) in [5.74, 6) is 7.52. The second kappa shape index (κ2) is 7.63. The van der Waals surface area contributed by atoms with E-state index in [2.05, 4.69) is 46.2 Å². The highest BCUT2D eigenvalue weighted by Crippen LogP contribution is 2.50. The number of rotatable bonds is 9. The lowest BCUT2D eigenvalue weighted by Crippen LogP contribution is -2.20. The molecule has 19 heavy (non-hydrogen) atoms. The van der Waals surface area contributed by atoms with Crippen LogP contribution in [0.2, 0.25) is 0 Å². The smallest absolute Gasteiger partial charge is 0.0258 e. The van der Waals surface area contributed by atoms with Crippen LogP contribution in [0.5, 0.6) is 0 Å². The Hall–Kier alpha value is -0.0900. The van der Waals surface area contributed by atoms with E-state index in [-0.39, 0.29) is 5.41 Å². The number of hydrogen-bond donors (Lipinski definition) is 1. The molecular weight excluding hydrogens is 248 g/mol. The Bertz CT molecular complexity index is 299. The third-order valence-corrected chi connectivity index (χ3v) is 5.36. The van der Waals surface area contributed by atoms with Crippen molar-refractivity contribution in [2.24, 2.45) is 29.1 Å². The van der Waals surface area contributed by atoms with Crippen molar-refractivity contribution < 1.29 is 0 Å². The molecular formula is C18H32S. The van der Waals surface area contributed by atoms with Crippen molar-refractivity contribution in [3.05, 3.63) is 0 Å². The maximum Gasteiger partial charge on any atom is 0.0258 e. The van der Waals surface area contributed by atoms with Crippen molar-refractivity contribution in [3.63, 3.8) is 0 Å². The van der Waals surface area contributed by atoms with Gasteiger partial charge in [-0.25, -0.2) is 0 Å². The molecule has 4 unspecified atom stereocenters. The van der Waals surface area contributed by atoms with E-state index >= 15 is 0 Å². The third-order valence-electron chi connectivity index (χ3n) is 4.89. The molecule has 0 aromatic heterocycles. The Balaban J connectivity index is 2.62. The average Bonchev–Trinajstić information content (AvgIpc) is 3.16. The van der Waals surface area contributed by atoms with Crippen molar-refractivity contribution in [1.82, 2.24) is 0 Å². The predicted octanol–water partition coefficient (Wildman–Crippen LogP) is 5.43. The second-order valence-corrected chi connectivity index (χ2v) is 7.50. The van der Waals surface area contributed by atoms with Crippen LogP contribution in [0.15, 0.2) is 0 Å². The molecule has 0 nitrogen and oxygen atoms in total. The summed E-state index contributed by atoms with van der Waals surface area (Å²) < 4.78 is 0. The molecule has 4 atom stereocenters. The molecule has 0 N–H and O–H groups in total. The molecule has 1 aliphatic rings. The SMILES string of the molecule is C#CC(C)(C)CC(CC(CC)CCC)C1CC1CS. The lowest BCUT2D eigenvalue weighted by molar-refractivity contribution is 0.242. The first-order valence-electron chi connectivity index (χ1n) is 8.06. The van der Waals surface area contributed by atoms with Crippen LogP contribution in [0.25, 0.3) is 0 Å². The van der Waals surface area contributed by atoms with E-state index in [1.807, 2.05) is 0 Å². The fourth-order valence-electron chi connectivity index (χ4n) is 3.51. The maximum atomic E-state index is 5.70. The van der Waals surface area contributed by atoms with Gasteiger partial charge in [-0.2, -0.15) is 12.6 Å². The standard InChI is InChI=1S/C18H32S/c1-6-9-14(7-2)10-15(12-18(4,5)8-3)17-11-16(17)13-19/h3,14-17,19H,6-7,9-13H2,1-2,4-5H3. The molecule has 0 aromatic rings. The van der Waals surface area contributed by atoms with Gasteiger partial charge in [0.1, 0.15) is 0 Å². The monoisotopic (exact) mass is 280 g/mol. The minimum absolute atomic E-state index is 0.0545. The summed E-state index contributed by atoms with van der Waals surface area (Å²) in [4.78, 5) is 0. The largest absolute Gasteiger partial charge is 0.179 e. The Morgan fingerprint density at radius 1 is 1.37 bits per heavy atom. The van der Waals surface area contributed by atoms with Crippen molar-refractivity contribution in [3.8, 4) is 12.3 Å². The number of hydrogen-bond acceptors (Lipinski definition) is 1. The molecule has 0 spiro atoms. The van der Waals surface area contributed by atoms with E-state index in [0.29, 0.717) is 0 Å². The van der Waals surface area contributed by atoms with Crippen LogP contribution < -0.4 is 0 Å². The van der Waals surface area contributed by atoms with Crippen molar-refractivity contribution >= 4 is 12.6 Å². The summed E-state index contributed by atoms with van der Waals surface area (Å²) in [6, 6.07) is 0. The Morgan fingerprint density at radius 2 is 2.05 bits per heavy atom. The zero-order chi connectivity index (χ0) is 14.5. The van der Waals surface area contributed by atoms with E-state index in [9.17, 15) is 0 Å². The minimum Gasteiger partial charge on any atom is -0.179 e. The van der Waals surface area contributed by atoms with Crippen LogP contribution in [0.1, 0.15) is 66.2 Å². The van der Waals surface area contributed by atoms with E-state index < -0.39 is 0 Å². The van der Waals surface area contributed by atoms with Gasteiger partial charge in [0, 0.05) is 5.41 Å². The van der Waals surface area contributed by atoms with Gasteiger partial charge in [0.15, 0.2) is 0 Å². The van der Waals surface area contributed by atoms with Crippen LogP contribution in [0, 0.1) is 41.4 Å². The first kappa shape index (κ1) is 17.0. The fraction of sp³-hybridized carbons (Fsp3) is 0.889. The summed E-state index contributed by atoms with van der Waals surface area (Å²) in [6.07, 6.45) is 13.7. The fourth-order valence-corrected chi connectivity index (χ4v) is 3.93. The zero-order valence-corrected chi connectivity index (χ0v) is 14.2. The van der Waals surface area contributed by atoms with Gasteiger partial charge in [0.25, 0.3) is 0 Å². The average molecular weight is 281 g/mol. The highest BCUT2D eigenvalue weighted by molar-refractivity contribution is 7.80. The van der Waals surface area contributed by atoms with E-state index in [1.165, 1.54) is 38.5 Å². The Kier molecular flexibility index (Phi) is 6.81. The van der Waals surface area contributed by atoms with Gasteiger partial charge in [-0.15, -0.1) is 12.3 Å². The van der Waals surface area contributed by atoms with Gasteiger partial charge in [-0.1, -0.05) is 33.1 Å². The van der Waals surface area contributed by atoms with Gasteiger partial charge in [-0.05, 0) is 62.5 Å². The molecule has 0 heterocycles. The molecule has 1 heteroatoms. The molecule has 0 radical (unpaired) electrons. The van der Waals surface area contributed by atoms with Crippen molar-refractivity contribution in [2.45, 2.75) is 66.2 Å². The summed E-state index contributed by atoms with van der Waals surface area (Å²) >= 11 is 4.48. The topological polar surface area (TPSA) is 0 Å².